The molecule has 0 N–H and O–H groups in total. The van der Waals surface area contributed by atoms with E-state index in [1.165, 1.54) is 27.4 Å². The maximum absolute atomic E-state index is 4.78. The number of hydrogen-bond acceptors (Lipinski definition) is 2. The van der Waals surface area contributed by atoms with Crippen molar-refractivity contribution < 1.29 is 0 Å². The molecule has 6 rings (SSSR count). The number of benzene rings is 3. The first-order valence-electron chi connectivity index (χ1n) is 12.9. The average Bonchev–Trinajstić information content (AvgIpc) is 2.99. The van der Waals surface area contributed by atoms with Crippen molar-refractivity contribution in [3.8, 4) is 22.5 Å². The Labute approximate surface area is 232 Å². The van der Waals surface area contributed by atoms with Crippen molar-refractivity contribution >= 4 is 19.8 Å². The molecule has 1 unspecified atom stereocenters. The van der Waals surface area contributed by atoms with Crippen LogP contribution in [0, 0.1) is 10.7 Å². The van der Waals surface area contributed by atoms with Crippen LogP contribution in [0.1, 0.15) is 18.9 Å². The van der Waals surface area contributed by atoms with Crippen LogP contribution in [0.15, 0.2) is 146 Å². The van der Waals surface area contributed by atoms with Gasteiger partial charge in [-0.25, -0.2) is 0 Å². The summed E-state index contributed by atoms with van der Waals surface area (Å²) in [5.74, 6) is 0. The molecule has 1 aliphatic carbocycles. The molecule has 0 saturated heterocycles. The van der Waals surface area contributed by atoms with E-state index in [-0.39, 0.29) is 5.41 Å². The number of pyridine rings is 2. The summed E-state index contributed by atoms with van der Waals surface area (Å²) in [5.41, 5.74) is 5.83. The van der Waals surface area contributed by atoms with Gasteiger partial charge in [0.05, 0.1) is 0 Å². The summed E-state index contributed by atoms with van der Waals surface area (Å²) in [6, 6.07) is 39.3. The van der Waals surface area contributed by atoms with E-state index in [4.69, 9.17) is 9.97 Å². The van der Waals surface area contributed by atoms with E-state index in [0.717, 1.165) is 17.8 Å². The molecule has 0 amide bonds. The second kappa shape index (κ2) is 10.9. The summed E-state index contributed by atoms with van der Waals surface area (Å²) in [7, 11) is 0. The zero-order valence-corrected chi connectivity index (χ0v) is 23.5. The molecule has 3 heteroatoms. The Bertz CT molecular complexity index is 1520. The van der Waals surface area contributed by atoms with Crippen LogP contribution in [-0.4, -0.2) is 9.97 Å². The normalized spacial score (nSPS) is 16.8. The third kappa shape index (κ3) is 4.74. The molecular formula is C35H29IN2. The van der Waals surface area contributed by atoms with Gasteiger partial charge in [-0.1, -0.05) is 0 Å². The van der Waals surface area contributed by atoms with E-state index in [1.54, 1.807) is 0 Å². The predicted octanol–water partition coefficient (Wildman–Crippen LogP) is 9.00. The quantitative estimate of drug-likeness (QED) is 0.181. The SMILES string of the molecule is CC1(c2ccccc2I(c2ccccc2-c2ccccn2)c2ccccc2-c2ccccn2)C=CC=CC1. The molecule has 2 aromatic heterocycles. The van der Waals surface area contributed by atoms with Gasteiger partial charge < -0.3 is 0 Å². The van der Waals surface area contributed by atoms with Crippen LogP contribution in [-0.2, 0) is 5.41 Å². The van der Waals surface area contributed by atoms with Crippen molar-refractivity contribution in [3.63, 3.8) is 0 Å². The van der Waals surface area contributed by atoms with Gasteiger partial charge in [0.1, 0.15) is 0 Å². The van der Waals surface area contributed by atoms with E-state index in [0.29, 0.717) is 0 Å². The van der Waals surface area contributed by atoms with Gasteiger partial charge >= 0.3 is 233 Å². The third-order valence-electron chi connectivity index (χ3n) is 6.98. The fourth-order valence-corrected chi connectivity index (χ4v) is 12.1. The molecule has 0 fully saturated rings. The topological polar surface area (TPSA) is 25.8 Å². The van der Waals surface area contributed by atoms with Gasteiger partial charge in [0.15, 0.2) is 0 Å². The molecule has 186 valence electrons. The first kappa shape index (κ1) is 24.5. The molecular weight excluding hydrogens is 575 g/mol. The van der Waals surface area contributed by atoms with Crippen LogP contribution in [0.3, 0.4) is 0 Å². The first-order valence-corrected chi connectivity index (χ1v) is 16.1. The average molecular weight is 605 g/mol. The van der Waals surface area contributed by atoms with Crippen LogP contribution >= 0.6 is 19.8 Å². The minimum absolute atomic E-state index is 0.0546. The van der Waals surface area contributed by atoms with Crippen molar-refractivity contribution in [2.24, 2.45) is 0 Å². The molecule has 1 atom stereocenters. The second-order valence-electron chi connectivity index (χ2n) is 9.56. The number of halogens is 1. The third-order valence-corrected chi connectivity index (χ3v) is 13.3. The Morgan fingerprint density at radius 2 is 1.11 bits per heavy atom. The molecule has 3 aromatic carbocycles. The van der Waals surface area contributed by atoms with Gasteiger partial charge in [0.25, 0.3) is 0 Å². The van der Waals surface area contributed by atoms with E-state index in [2.05, 4.69) is 128 Å². The van der Waals surface area contributed by atoms with Crippen molar-refractivity contribution in [2.45, 2.75) is 18.8 Å². The number of allylic oxidation sites excluding steroid dienone is 4. The number of nitrogens with zero attached hydrogens (tertiary/aromatic N) is 2. The Hall–Kier alpha value is -3.83. The molecule has 0 aliphatic heterocycles. The summed E-state index contributed by atoms with van der Waals surface area (Å²) in [6.45, 7) is 2.37. The van der Waals surface area contributed by atoms with Gasteiger partial charge in [0.2, 0.25) is 0 Å². The van der Waals surface area contributed by atoms with E-state index in [9.17, 15) is 0 Å². The van der Waals surface area contributed by atoms with Crippen LogP contribution < -0.4 is 0 Å². The zero-order valence-electron chi connectivity index (χ0n) is 21.3. The van der Waals surface area contributed by atoms with Crippen molar-refractivity contribution in [3.05, 3.63) is 162 Å². The minimum atomic E-state index is -2.28. The van der Waals surface area contributed by atoms with Crippen molar-refractivity contribution in [1.82, 2.24) is 9.97 Å². The van der Waals surface area contributed by atoms with E-state index >= 15 is 0 Å². The monoisotopic (exact) mass is 604 g/mol. The molecule has 0 saturated carbocycles. The summed E-state index contributed by atoms with van der Waals surface area (Å²) in [6.07, 6.45) is 13.8. The zero-order chi connectivity index (χ0) is 25.8. The second-order valence-corrected chi connectivity index (χ2v) is 14.7. The maximum atomic E-state index is 4.78. The van der Waals surface area contributed by atoms with Gasteiger partial charge in [0, 0.05) is 0 Å². The van der Waals surface area contributed by atoms with Gasteiger partial charge in [-0.2, -0.15) is 0 Å². The molecule has 0 radical (unpaired) electrons. The van der Waals surface area contributed by atoms with Crippen molar-refractivity contribution in [1.29, 1.82) is 0 Å². The molecule has 0 bridgehead atoms. The first-order chi connectivity index (χ1) is 18.7. The van der Waals surface area contributed by atoms with Gasteiger partial charge in [-0.05, 0) is 0 Å². The summed E-state index contributed by atoms with van der Waals surface area (Å²) < 4.78 is 4.25. The summed E-state index contributed by atoms with van der Waals surface area (Å²) in [5, 5.41) is 0. The van der Waals surface area contributed by atoms with Crippen molar-refractivity contribution in [2.75, 3.05) is 0 Å². The molecule has 2 nitrogen and oxygen atoms in total. The van der Waals surface area contributed by atoms with Crippen LogP contribution in [0.4, 0.5) is 0 Å². The van der Waals surface area contributed by atoms with E-state index in [1.807, 2.05) is 24.5 Å². The number of hydrogen-bond donors (Lipinski definition) is 0. The fourth-order valence-electron chi connectivity index (χ4n) is 5.06. The Kier molecular flexibility index (Phi) is 7.02. The molecule has 2 heterocycles. The van der Waals surface area contributed by atoms with Crippen LogP contribution in [0.2, 0.25) is 0 Å². The summed E-state index contributed by atoms with van der Waals surface area (Å²) >= 11 is -2.28. The fraction of sp³-hybridized carbons (Fsp3) is 0.0857. The van der Waals surface area contributed by atoms with Gasteiger partial charge in [-0.15, -0.1) is 0 Å². The Morgan fingerprint density at radius 3 is 1.63 bits per heavy atom. The molecule has 38 heavy (non-hydrogen) atoms. The summed E-state index contributed by atoms with van der Waals surface area (Å²) in [4.78, 5) is 9.56. The van der Waals surface area contributed by atoms with Crippen LogP contribution in [0.25, 0.3) is 22.5 Å². The van der Waals surface area contributed by atoms with Gasteiger partial charge in [-0.3, -0.25) is 0 Å². The molecule has 5 aromatic rings. The Morgan fingerprint density at radius 1 is 0.579 bits per heavy atom. The number of rotatable bonds is 6. The predicted molar refractivity (Wildman–Crippen MR) is 166 cm³/mol. The van der Waals surface area contributed by atoms with E-state index < -0.39 is 19.8 Å². The number of aromatic nitrogens is 2. The Balaban J connectivity index is 1.65. The molecule has 0 spiro atoms. The molecule has 1 aliphatic rings. The van der Waals surface area contributed by atoms with Crippen LogP contribution in [0.5, 0.6) is 0 Å². The standard InChI is InChI=1S/C35H29IN2/c1-35(23-11-2-12-24-35)29-17-5-8-20-32(29)36(30-18-6-3-15-27(30)33-21-9-13-25-37-33)31-19-7-4-16-28(31)34-22-10-14-26-38-34/h2-23,25-26H,24H2,1H3.